The zero-order chi connectivity index (χ0) is 16.5. The van der Waals surface area contributed by atoms with Crippen molar-refractivity contribution in [3.63, 3.8) is 0 Å². The van der Waals surface area contributed by atoms with Gasteiger partial charge in [0.2, 0.25) is 5.43 Å². The van der Waals surface area contributed by atoms with Crippen molar-refractivity contribution in [1.82, 2.24) is 9.47 Å². The second-order valence-corrected chi connectivity index (χ2v) is 8.76. The van der Waals surface area contributed by atoms with Gasteiger partial charge in [-0.25, -0.2) is 8.42 Å². The summed E-state index contributed by atoms with van der Waals surface area (Å²) < 4.78 is 25.1. The number of sulfone groups is 1. The molecule has 1 unspecified atom stereocenters. The first-order valence-corrected chi connectivity index (χ1v) is 9.33. The minimum Gasteiger partial charge on any atom is -0.503 e. The fraction of sp³-hybridized carbons (Fsp3) is 0.667. The lowest BCUT2D eigenvalue weighted by Gasteiger charge is -2.25. The van der Waals surface area contributed by atoms with Crippen LogP contribution in [0.15, 0.2) is 17.1 Å². The van der Waals surface area contributed by atoms with Crippen LogP contribution in [0.25, 0.3) is 0 Å². The van der Waals surface area contributed by atoms with Crippen LogP contribution in [-0.2, 0) is 22.9 Å². The van der Waals surface area contributed by atoms with Crippen molar-refractivity contribution in [3.8, 4) is 5.75 Å². The van der Waals surface area contributed by atoms with Crippen LogP contribution in [0.2, 0.25) is 0 Å². The second kappa shape index (κ2) is 6.42. The summed E-state index contributed by atoms with van der Waals surface area (Å²) in [6.07, 6.45) is 2.10. The van der Waals surface area contributed by atoms with Crippen LogP contribution in [0.1, 0.15) is 26.0 Å². The Bertz CT molecular complexity index is 694. The molecule has 1 aliphatic rings. The zero-order valence-electron chi connectivity index (χ0n) is 13.3. The summed E-state index contributed by atoms with van der Waals surface area (Å²) in [7, 11) is -1.05. The fourth-order valence-electron chi connectivity index (χ4n) is 2.81. The van der Waals surface area contributed by atoms with Crippen LogP contribution in [0, 0.1) is 5.92 Å². The first-order valence-electron chi connectivity index (χ1n) is 7.51. The molecule has 1 N–H and O–H groups in total. The van der Waals surface area contributed by atoms with Crippen molar-refractivity contribution in [1.29, 1.82) is 0 Å². The zero-order valence-corrected chi connectivity index (χ0v) is 14.1. The van der Waals surface area contributed by atoms with E-state index in [2.05, 4.69) is 13.8 Å². The maximum absolute atomic E-state index is 11.7. The molecule has 0 aromatic carbocycles. The van der Waals surface area contributed by atoms with Gasteiger partial charge in [0.25, 0.3) is 0 Å². The molecule has 124 valence electrons. The van der Waals surface area contributed by atoms with Gasteiger partial charge in [0.05, 0.1) is 17.7 Å². The lowest BCUT2D eigenvalue weighted by atomic mass is 10.2. The minimum absolute atomic E-state index is 0.0126. The van der Waals surface area contributed by atoms with Crippen LogP contribution in [0.5, 0.6) is 5.75 Å². The van der Waals surface area contributed by atoms with Gasteiger partial charge in [0, 0.05) is 30.9 Å². The lowest BCUT2D eigenvalue weighted by Crippen LogP contribution is -2.33. The highest BCUT2D eigenvalue weighted by atomic mass is 32.2. The molecule has 1 saturated heterocycles. The summed E-state index contributed by atoms with van der Waals surface area (Å²) in [5.41, 5.74) is 0.394. The molecule has 2 heterocycles. The molecule has 1 aliphatic heterocycles. The average molecular weight is 328 g/mol. The third kappa shape index (κ3) is 4.10. The van der Waals surface area contributed by atoms with E-state index in [9.17, 15) is 18.3 Å². The standard InChI is InChI=1S/C15H24N2O4S/c1-11(2)7-17-9-15(19)14(18)6-13(17)8-16(3)12-4-5-22(20,21)10-12/h6,9,11-12,19H,4-5,7-8,10H2,1-3H3. The summed E-state index contributed by atoms with van der Waals surface area (Å²) in [5, 5.41) is 9.63. The predicted octanol–water partition coefficient (Wildman–Crippen LogP) is 0.829. The SMILES string of the molecule is CC(C)Cn1cc(O)c(=O)cc1CN(C)C1CCS(=O)(=O)C1. The molecule has 0 saturated carbocycles. The number of hydrogen-bond acceptors (Lipinski definition) is 5. The smallest absolute Gasteiger partial charge is 0.223 e. The predicted molar refractivity (Wildman–Crippen MR) is 85.7 cm³/mol. The highest BCUT2D eigenvalue weighted by Gasteiger charge is 2.30. The summed E-state index contributed by atoms with van der Waals surface area (Å²) >= 11 is 0. The Morgan fingerprint density at radius 2 is 2.14 bits per heavy atom. The molecule has 0 aliphatic carbocycles. The van der Waals surface area contributed by atoms with Crippen LogP contribution >= 0.6 is 0 Å². The topological polar surface area (TPSA) is 79.6 Å². The van der Waals surface area contributed by atoms with Crippen LogP contribution in [-0.4, -0.2) is 47.6 Å². The molecule has 1 aromatic heterocycles. The van der Waals surface area contributed by atoms with Crippen molar-refractivity contribution in [2.45, 2.75) is 39.4 Å². The molecule has 6 nitrogen and oxygen atoms in total. The molecule has 2 rings (SSSR count). The summed E-state index contributed by atoms with van der Waals surface area (Å²) in [5.74, 6) is 0.528. The monoisotopic (exact) mass is 328 g/mol. The maximum atomic E-state index is 11.7. The van der Waals surface area contributed by atoms with Crippen molar-refractivity contribution < 1.29 is 13.5 Å². The van der Waals surface area contributed by atoms with Gasteiger partial charge >= 0.3 is 0 Å². The van der Waals surface area contributed by atoms with Gasteiger partial charge in [-0.2, -0.15) is 0 Å². The van der Waals surface area contributed by atoms with Gasteiger partial charge in [-0.3, -0.25) is 9.69 Å². The number of pyridine rings is 1. The van der Waals surface area contributed by atoms with E-state index in [0.717, 1.165) is 5.69 Å². The summed E-state index contributed by atoms with van der Waals surface area (Å²) in [6.45, 7) is 5.31. The van der Waals surface area contributed by atoms with Crippen LogP contribution < -0.4 is 5.43 Å². The Morgan fingerprint density at radius 1 is 1.45 bits per heavy atom. The van der Waals surface area contributed by atoms with Gasteiger partial charge in [0.15, 0.2) is 15.6 Å². The van der Waals surface area contributed by atoms with E-state index in [-0.39, 0.29) is 23.3 Å². The fourth-order valence-corrected chi connectivity index (χ4v) is 4.62. The molecule has 0 amide bonds. The summed E-state index contributed by atoms with van der Waals surface area (Å²) in [6, 6.07) is 1.43. The number of hydrogen-bond donors (Lipinski definition) is 1. The highest BCUT2D eigenvalue weighted by molar-refractivity contribution is 7.91. The molecular weight excluding hydrogens is 304 g/mol. The Labute approximate surface area is 131 Å². The molecule has 0 spiro atoms. The van der Waals surface area contributed by atoms with E-state index in [4.69, 9.17) is 0 Å². The minimum atomic E-state index is -2.93. The molecule has 7 heteroatoms. The molecular formula is C15H24N2O4S. The number of aromatic hydroxyl groups is 1. The molecule has 0 bridgehead atoms. The normalized spacial score (nSPS) is 20.9. The first kappa shape index (κ1) is 17.0. The van der Waals surface area contributed by atoms with Gasteiger partial charge < -0.3 is 9.67 Å². The van der Waals surface area contributed by atoms with Crippen molar-refractivity contribution in [3.05, 3.63) is 28.2 Å². The molecule has 1 atom stereocenters. The Kier molecular flexibility index (Phi) is 4.97. The van der Waals surface area contributed by atoms with Gasteiger partial charge in [0.1, 0.15) is 0 Å². The molecule has 0 radical (unpaired) electrons. The van der Waals surface area contributed by atoms with E-state index in [1.165, 1.54) is 12.3 Å². The van der Waals surface area contributed by atoms with Gasteiger partial charge in [-0.1, -0.05) is 13.8 Å². The van der Waals surface area contributed by atoms with Crippen molar-refractivity contribution >= 4 is 9.84 Å². The molecule has 22 heavy (non-hydrogen) atoms. The van der Waals surface area contributed by atoms with Gasteiger partial charge in [-0.05, 0) is 19.4 Å². The second-order valence-electron chi connectivity index (χ2n) is 6.53. The molecule has 1 aromatic rings. The third-order valence-electron chi connectivity index (χ3n) is 4.00. The Morgan fingerprint density at radius 3 is 2.68 bits per heavy atom. The van der Waals surface area contributed by atoms with Crippen molar-refractivity contribution in [2.75, 3.05) is 18.6 Å². The summed E-state index contributed by atoms with van der Waals surface area (Å²) in [4.78, 5) is 13.7. The van der Waals surface area contributed by atoms with E-state index in [0.29, 0.717) is 25.4 Å². The lowest BCUT2D eigenvalue weighted by molar-refractivity contribution is 0.245. The third-order valence-corrected chi connectivity index (χ3v) is 5.75. The van der Waals surface area contributed by atoms with Crippen LogP contribution in [0.3, 0.4) is 0 Å². The number of rotatable bonds is 5. The largest absolute Gasteiger partial charge is 0.503 e. The van der Waals surface area contributed by atoms with E-state index in [1.807, 2.05) is 16.5 Å². The van der Waals surface area contributed by atoms with Crippen LogP contribution in [0.4, 0.5) is 0 Å². The number of aromatic nitrogens is 1. The van der Waals surface area contributed by atoms with Gasteiger partial charge in [-0.15, -0.1) is 0 Å². The maximum Gasteiger partial charge on any atom is 0.223 e. The number of nitrogens with zero attached hydrogens (tertiary/aromatic N) is 2. The highest BCUT2D eigenvalue weighted by Crippen LogP contribution is 2.19. The van der Waals surface area contributed by atoms with E-state index < -0.39 is 15.3 Å². The van der Waals surface area contributed by atoms with E-state index in [1.54, 1.807) is 0 Å². The average Bonchev–Trinajstić information content (AvgIpc) is 2.75. The molecule has 1 fully saturated rings. The quantitative estimate of drug-likeness (QED) is 0.866. The Balaban J connectivity index is 2.21. The Hall–Kier alpha value is -1.34. The van der Waals surface area contributed by atoms with E-state index >= 15 is 0 Å². The first-order chi connectivity index (χ1) is 10.2. The van der Waals surface area contributed by atoms with Crippen molar-refractivity contribution in [2.24, 2.45) is 5.92 Å².